The second kappa shape index (κ2) is 6.87. The van der Waals surface area contributed by atoms with Crippen LogP contribution in [0.25, 0.3) is 0 Å². The predicted octanol–water partition coefficient (Wildman–Crippen LogP) is 3.42. The summed E-state index contributed by atoms with van der Waals surface area (Å²) in [6.45, 7) is 6.11. The highest BCUT2D eigenvalue weighted by Gasteiger charge is 2.27. The summed E-state index contributed by atoms with van der Waals surface area (Å²) in [5.41, 5.74) is 2.47. The summed E-state index contributed by atoms with van der Waals surface area (Å²) < 4.78 is 5.44. The van der Waals surface area contributed by atoms with Gasteiger partial charge in [0.15, 0.2) is 6.61 Å². The van der Waals surface area contributed by atoms with Crippen molar-refractivity contribution in [3.8, 4) is 5.75 Å². The Balaban J connectivity index is 2.05. The first-order valence-electron chi connectivity index (χ1n) is 8.59. The van der Waals surface area contributed by atoms with Crippen LogP contribution in [0.5, 0.6) is 5.75 Å². The largest absolute Gasteiger partial charge is 0.482 e. The van der Waals surface area contributed by atoms with Crippen LogP contribution >= 0.6 is 0 Å². The van der Waals surface area contributed by atoms with E-state index in [0.29, 0.717) is 28.8 Å². The van der Waals surface area contributed by atoms with Crippen LogP contribution in [0.15, 0.2) is 36.4 Å². The molecule has 0 saturated heterocycles. The van der Waals surface area contributed by atoms with Crippen LogP contribution in [0.1, 0.15) is 52.6 Å². The van der Waals surface area contributed by atoms with Crippen LogP contribution in [0.2, 0.25) is 0 Å². The van der Waals surface area contributed by atoms with Gasteiger partial charge in [-0.1, -0.05) is 26.8 Å². The van der Waals surface area contributed by atoms with E-state index < -0.39 is 5.97 Å². The third kappa shape index (κ3) is 3.84. The molecule has 3 rings (SSSR count). The van der Waals surface area contributed by atoms with Gasteiger partial charge in [-0.3, -0.25) is 9.59 Å². The molecule has 6 nitrogen and oxygen atoms in total. The molecular weight excluding hydrogens is 346 g/mol. The number of aldehydes is 1. The molecule has 0 spiro atoms. The Kier molecular flexibility index (Phi) is 4.74. The maximum absolute atomic E-state index is 12.5. The lowest BCUT2D eigenvalue weighted by atomic mass is 9.85. The molecule has 1 N–H and O–H groups in total. The number of hydrogen-bond acceptors (Lipinski definition) is 4. The zero-order valence-corrected chi connectivity index (χ0v) is 15.5. The number of carboxylic acids is 1. The average Bonchev–Trinajstić information content (AvgIpc) is 2.62. The number of rotatable bonds is 4. The van der Waals surface area contributed by atoms with Crippen molar-refractivity contribution in [1.29, 1.82) is 0 Å². The molecule has 1 heterocycles. The van der Waals surface area contributed by atoms with Crippen molar-refractivity contribution in [3.05, 3.63) is 58.7 Å². The highest BCUT2D eigenvalue weighted by atomic mass is 16.5. The van der Waals surface area contributed by atoms with Crippen molar-refractivity contribution in [2.24, 2.45) is 0 Å². The van der Waals surface area contributed by atoms with Gasteiger partial charge in [0.25, 0.3) is 5.91 Å². The molecule has 1 aliphatic heterocycles. The van der Waals surface area contributed by atoms with E-state index >= 15 is 0 Å². The summed E-state index contributed by atoms with van der Waals surface area (Å²) in [4.78, 5) is 36.6. The van der Waals surface area contributed by atoms with Gasteiger partial charge >= 0.3 is 5.97 Å². The Labute approximate surface area is 157 Å². The second-order valence-electron chi connectivity index (χ2n) is 7.59. The highest BCUT2D eigenvalue weighted by Crippen LogP contribution is 2.34. The lowest BCUT2D eigenvalue weighted by Crippen LogP contribution is -2.38. The minimum atomic E-state index is -1.01. The lowest BCUT2D eigenvalue weighted by Gasteiger charge is -2.30. The number of anilines is 1. The molecule has 1 aliphatic rings. The Bertz CT molecular complexity index is 927. The number of hydrogen-bond donors (Lipinski definition) is 1. The van der Waals surface area contributed by atoms with Gasteiger partial charge in [0.2, 0.25) is 0 Å². The number of aromatic carboxylic acids is 1. The number of carboxylic acid groups (broad SMARTS) is 1. The molecule has 2 aromatic rings. The van der Waals surface area contributed by atoms with Gasteiger partial charge < -0.3 is 14.7 Å². The average molecular weight is 367 g/mol. The number of benzene rings is 2. The molecule has 0 saturated carbocycles. The summed E-state index contributed by atoms with van der Waals surface area (Å²) >= 11 is 0. The van der Waals surface area contributed by atoms with Gasteiger partial charge in [0.05, 0.1) is 17.8 Å². The summed E-state index contributed by atoms with van der Waals surface area (Å²) in [5, 5.41) is 9.44. The molecule has 0 aromatic heterocycles. The zero-order valence-electron chi connectivity index (χ0n) is 15.5. The number of fused-ring (bicyclic) bond motifs is 1. The Morgan fingerprint density at radius 2 is 1.96 bits per heavy atom. The van der Waals surface area contributed by atoms with Gasteiger partial charge in [0.1, 0.15) is 12.0 Å². The van der Waals surface area contributed by atoms with Gasteiger partial charge in [-0.2, -0.15) is 0 Å². The van der Waals surface area contributed by atoms with E-state index in [1.165, 1.54) is 4.90 Å². The SMILES string of the molecule is CC(C)(C)c1cc(CN2C(=O)COc3ccc(C=O)cc32)cc(C(=O)O)c1. The van der Waals surface area contributed by atoms with E-state index in [4.69, 9.17) is 4.74 Å². The number of carbonyl (C=O) groups is 3. The molecular formula is C21H21NO5. The van der Waals surface area contributed by atoms with Crippen LogP contribution in [0, 0.1) is 0 Å². The monoisotopic (exact) mass is 367 g/mol. The molecule has 0 aliphatic carbocycles. The maximum Gasteiger partial charge on any atom is 0.335 e. The van der Waals surface area contributed by atoms with Crippen LogP contribution in [-0.4, -0.2) is 29.9 Å². The lowest BCUT2D eigenvalue weighted by molar-refractivity contribution is -0.121. The molecule has 1 amide bonds. The van der Waals surface area contributed by atoms with Gasteiger partial charge in [-0.05, 0) is 46.9 Å². The fourth-order valence-electron chi connectivity index (χ4n) is 2.99. The summed E-state index contributed by atoms with van der Waals surface area (Å²) in [6.07, 6.45) is 0.709. The van der Waals surface area contributed by atoms with Crippen molar-refractivity contribution in [2.75, 3.05) is 11.5 Å². The van der Waals surface area contributed by atoms with Crippen molar-refractivity contribution in [1.82, 2.24) is 0 Å². The molecule has 2 aromatic carbocycles. The first kappa shape index (κ1) is 18.6. The van der Waals surface area contributed by atoms with E-state index in [-0.39, 0.29) is 30.0 Å². The van der Waals surface area contributed by atoms with Crippen LogP contribution in [0.3, 0.4) is 0 Å². The van der Waals surface area contributed by atoms with Crippen LogP contribution in [-0.2, 0) is 16.8 Å². The standard InChI is InChI=1S/C21H21NO5/c1-21(2,3)16-7-14(6-15(9-16)20(25)26)10-22-17-8-13(11-23)4-5-18(17)27-12-19(22)24/h4-9,11H,10,12H2,1-3H3,(H,25,26). The minimum absolute atomic E-state index is 0.0990. The van der Waals surface area contributed by atoms with Gasteiger partial charge in [-0.25, -0.2) is 4.79 Å². The molecule has 6 heteroatoms. The first-order chi connectivity index (χ1) is 12.7. The topological polar surface area (TPSA) is 83.9 Å². The molecule has 27 heavy (non-hydrogen) atoms. The minimum Gasteiger partial charge on any atom is -0.482 e. The number of ether oxygens (including phenoxy) is 1. The normalized spacial score (nSPS) is 13.7. The van der Waals surface area contributed by atoms with Gasteiger partial charge in [0, 0.05) is 5.56 Å². The summed E-state index contributed by atoms with van der Waals surface area (Å²) in [5.74, 6) is -0.742. The molecule has 140 valence electrons. The van der Waals surface area contributed by atoms with E-state index in [1.54, 1.807) is 30.3 Å². The van der Waals surface area contributed by atoms with E-state index in [9.17, 15) is 19.5 Å². The van der Waals surface area contributed by atoms with Crippen LogP contribution < -0.4 is 9.64 Å². The molecule has 0 atom stereocenters. The number of nitrogens with zero attached hydrogens (tertiary/aromatic N) is 1. The number of amides is 1. The second-order valence-corrected chi connectivity index (χ2v) is 7.59. The molecule has 0 radical (unpaired) electrons. The maximum atomic E-state index is 12.5. The third-order valence-corrected chi connectivity index (χ3v) is 4.51. The Morgan fingerprint density at radius 3 is 2.59 bits per heavy atom. The van der Waals surface area contributed by atoms with Gasteiger partial charge in [-0.15, -0.1) is 0 Å². The van der Waals surface area contributed by atoms with E-state index in [0.717, 1.165) is 5.56 Å². The van der Waals surface area contributed by atoms with Crippen molar-refractivity contribution in [3.63, 3.8) is 0 Å². The first-order valence-corrected chi connectivity index (χ1v) is 8.59. The molecule has 0 unspecified atom stereocenters. The summed E-state index contributed by atoms with van der Waals surface area (Å²) in [7, 11) is 0. The quantitative estimate of drug-likeness (QED) is 0.837. The molecule has 0 bridgehead atoms. The fourth-order valence-corrected chi connectivity index (χ4v) is 2.99. The Hall–Kier alpha value is -3.15. The summed E-state index contributed by atoms with van der Waals surface area (Å²) in [6, 6.07) is 10.0. The van der Waals surface area contributed by atoms with Crippen molar-refractivity contribution >= 4 is 23.9 Å². The van der Waals surface area contributed by atoms with Crippen molar-refractivity contribution in [2.45, 2.75) is 32.7 Å². The van der Waals surface area contributed by atoms with Crippen molar-refractivity contribution < 1.29 is 24.2 Å². The van der Waals surface area contributed by atoms with Crippen LogP contribution in [0.4, 0.5) is 5.69 Å². The zero-order chi connectivity index (χ0) is 19.8. The third-order valence-electron chi connectivity index (χ3n) is 4.51. The predicted molar refractivity (Wildman–Crippen MR) is 101 cm³/mol. The Morgan fingerprint density at radius 1 is 1.22 bits per heavy atom. The van der Waals surface area contributed by atoms with E-state index in [2.05, 4.69) is 0 Å². The fraction of sp³-hybridized carbons (Fsp3) is 0.286. The van der Waals surface area contributed by atoms with E-state index in [1.807, 2.05) is 26.8 Å². The molecule has 0 fully saturated rings. The number of carbonyl (C=O) groups excluding carboxylic acids is 2. The smallest absolute Gasteiger partial charge is 0.335 e. The highest BCUT2D eigenvalue weighted by molar-refractivity contribution is 5.98.